The Bertz CT molecular complexity index is 1320. The summed E-state index contributed by atoms with van der Waals surface area (Å²) in [6.07, 6.45) is 3.09. The average molecular weight is 400 g/mol. The van der Waals surface area contributed by atoms with Crippen molar-refractivity contribution in [3.05, 3.63) is 76.5 Å². The van der Waals surface area contributed by atoms with Crippen LogP contribution in [0.2, 0.25) is 0 Å². The molecule has 0 fully saturated rings. The normalized spacial score (nSPS) is 18.7. The number of nitrogens with zero attached hydrogens (tertiary/aromatic N) is 2. The maximum Gasteiger partial charge on any atom is 0.262 e. The van der Waals surface area contributed by atoms with Crippen molar-refractivity contribution in [2.75, 3.05) is 0 Å². The Kier molecular flexibility index (Phi) is 4.42. The fourth-order valence-corrected chi connectivity index (χ4v) is 4.49. The quantitative estimate of drug-likeness (QED) is 0.546. The van der Waals surface area contributed by atoms with Gasteiger partial charge in [0.1, 0.15) is 11.9 Å². The average Bonchev–Trinajstić information content (AvgIpc) is 3.14. The molecule has 0 radical (unpaired) electrons. The van der Waals surface area contributed by atoms with E-state index in [1.54, 1.807) is 10.6 Å². The number of nitrogens with one attached hydrogen (secondary N) is 2. The lowest BCUT2D eigenvalue weighted by Gasteiger charge is -2.33. The summed E-state index contributed by atoms with van der Waals surface area (Å²) in [5.41, 5.74) is 2.55. The number of carbonyl (C=O) groups excluding carboxylic acids is 1. The first-order chi connectivity index (χ1) is 14.5. The first kappa shape index (κ1) is 18.6. The second-order valence-electron chi connectivity index (χ2n) is 8.43. The van der Waals surface area contributed by atoms with Crippen LogP contribution in [0.15, 0.2) is 59.5 Å². The van der Waals surface area contributed by atoms with Crippen molar-refractivity contribution in [1.29, 1.82) is 0 Å². The van der Waals surface area contributed by atoms with E-state index >= 15 is 0 Å². The van der Waals surface area contributed by atoms with Crippen molar-refractivity contribution in [1.82, 2.24) is 19.9 Å². The third-order valence-electron chi connectivity index (χ3n) is 5.87. The summed E-state index contributed by atoms with van der Waals surface area (Å²) >= 11 is 0. The van der Waals surface area contributed by atoms with E-state index in [0.717, 1.165) is 22.9 Å². The molecule has 5 rings (SSSR count). The molecule has 3 heterocycles. The van der Waals surface area contributed by atoms with E-state index in [4.69, 9.17) is 4.98 Å². The summed E-state index contributed by atoms with van der Waals surface area (Å²) < 4.78 is 1.63. The molecular weight excluding hydrogens is 376 g/mol. The topological polar surface area (TPSA) is 79.8 Å². The van der Waals surface area contributed by atoms with Crippen molar-refractivity contribution in [2.45, 2.75) is 38.8 Å². The summed E-state index contributed by atoms with van der Waals surface area (Å²) in [5.74, 6) is 0.881. The molecule has 0 bridgehead atoms. The van der Waals surface area contributed by atoms with E-state index in [9.17, 15) is 9.59 Å². The molecule has 2 atom stereocenters. The second-order valence-corrected chi connectivity index (χ2v) is 8.43. The molecule has 2 N–H and O–H groups in total. The lowest BCUT2D eigenvalue weighted by atomic mass is 9.96. The largest absolute Gasteiger partial charge is 0.361 e. The second kappa shape index (κ2) is 7.13. The summed E-state index contributed by atoms with van der Waals surface area (Å²) in [6, 6.07) is 14.5. The molecule has 6 heteroatoms. The van der Waals surface area contributed by atoms with Gasteiger partial charge in [-0.3, -0.25) is 14.2 Å². The Morgan fingerprint density at radius 2 is 1.77 bits per heavy atom. The summed E-state index contributed by atoms with van der Waals surface area (Å²) in [4.78, 5) is 34.8. The maximum atomic E-state index is 13.5. The molecule has 2 aromatic heterocycles. The van der Waals surface area contributed by atoms with Gasteiger partial charge in [0, 0.05) is 23.5 Å². The standard InChI is InChI=1S/C24H24N4O2/c1-14(2)11-20-22-26-19-10-6-4-8-17(19)24(30)28(22)21(23(29)27-20)12-15-13-25-18-9-5-3-7-16(15)18/h3-10,13-14,20-21,25H,11-12H2,1-2H3,(H,27,29)/t20-,21?/m0/s1. The molecule has 152 valence electrons. The van der Waals surface area contributed by atoms with Gasteiger partial charge in [-0.15, -0.1) is 0 Å². The van der Waals surface area contributed by atoms with Crippen LogP contribution in [0.1, 0.15) is 43.7 Å². The van der Waals surface area contributed by atoms with Gasteiger partial charge >= 0.3 is 0 Å². The number of para-hydroxylation sites is 2. The number of hydrogen-bond donors (Lipinski definition) is 2. The molecular formula is C24H24N4O2. The van der Waals surface area contributed by atoms with Gasteiger partial charge in [0.05, 0.1) is 16.9 Å². The van der Waals surface area contributed by atoms with Gasteiger partial charge in [-0.25, -0.2) is 4.98 Å². The first-order valence-electron chi connectivity index (χ1n) is 10.4. The van der Waals surface area contributed by atoms with Gasteiger partial charge in [0.2, 0.25) is 5.91 Å². The smallest absolute Gasteiger partial charge is 0.262 e. The first-order valence-corrected chi connectivity index (χ1v) is 10.4. The Morgan fingerprint density at radius 3 is 2.57 bits per heavy atom. The van der Waals surface area contributed by atoms with Crippen LogP contribution in [0.4, 0.5) is 0 Å². The van der Waals surface area contributed by atoms with E-state index in [1.165, 1.54) is 0 Å². The number of H-pyrrole nitrogens is 1. The van der Waals surface area contributed by atoms with Gasteiger partial charge in [-0.05, 0) is 36.1 Å². The number of rotatable bonds is 4. The van der Waals surface area contributed by atoms with Crippen molar-refractivity contribution in [3.8, 4) is 0 Å². The number of aromatic amines is 1. The highest BCUT2D eigenvalue weighted by Gasteiger charge is 2.36. The molecule has 4 aromatic rings. The number of amides is 1. The van der Waals surface area contributed by atoms with Crippen LogP contribution < -0.4 is 10.9 Å². The zero-order valence-electron chi connectivity index (χ0n) is 17.1. The lowest BCUT2D eigenvalue weighted by Crippen LogP contribution is -2.48. The molecule has 0 aliphatic carbocycles. The molecule has 2 aromatic carbocycles. The minimum Gasteiger partial charge on any atom is -0.361 e. The number of carbonyl (C=O) groups is 1. The van der Waals surface area contributed by atoms with Gasteiger partial charge in [0.25, 0.3) is 5.56 Å². The van der Waals surface area contributed by atoms with E-state index in [1.807, 2.05) is 48.7 Å². The number of hydrogen-bond acceptors (Lipinski definition) is 3. The van der Waals surface area contributed by atoms with Crippen LogP contribution in [-0.2, 0) is 11.2 Å². The zero-order valence-corrected chi connectivity index (χ0v) is 17.1. The van der Waals surface area contributed by atoms with Crippen molar-refractivity contribution < 1.29 is 4.79 Å². The van der Waals surface area contributed by atoms with Gasteiger partial charge in [0.15, 0.2) is 0 Å². The van der Waals surface area contributed by atoms with Crippen LogP contribution in [0.25, 0.3) is 21.8 Å². The van der Waals surface area contributed by atoms with Crippen molar-refractivity contribution in [3.63, 3.8) is 0 Å². The number of fused-ring (bicyclic) bond motifs is 3. The fraction of sp³-hybridized carbons (Fsp3) is 0.292. The van der Waals surface area contributed by atoms with E-state index in [2.05, 4.69) is 24.1 Å². The van der Waals surface area contributed by atoms with Gasteiger partial charge in [-0.1, -0.05) is 44.2 Å². The summed E-state index contributed by atoms with van der Waals surface area (Å²) in [5, 5.41) is 4.75. The van der Waals surface area contributed by atoms with Crippen molar-refractivity contribution >= 4 is 27.7 Å². The monoisotopic (exact) mass is 400 g/mol. The molecule has 0 spiro atoms. The van der Waals surface area contributed by atoms with Crippen LogP contribution >= 0.6 is 0 Å². The maximum absolute atomic E-state index is 13.5. The molecule has 30 heavy (non-hydrogen) atoms. The summed E-state index contributed by atoms with van der Waals surface area (Å²) in [7, 11) is 0. The van der Waals surface area contributed by atoms with Crippen LogP contribution in [0.3, 0.4) is 0 Å². The highest BCUT2D eigenvalue weighted by atomic mass is 16.2. The predicted octanol–water partition coefficient (Wildman–Crippen LogP) is 3.88. The molecule has 1 unspecified atom stereocenters. The predicted molar refractivity (Wildman–Crippen MR) is 117 cm³/mol. The molecule has 1 aliphatic rings. The third kappa shape index (κ3) is 3.00. The molecule has 1 aliphatic heterocycles. The van der Waals surface area contributed by atoms with Gasteiger partial charge in [-0.2, -0.15) is 0 Å². The van der Waals surface area contributed by atoms with E-state index in [-0.39, 0.29) is 17.5 Å². The highest BCUT2D eigenvalue weighted by molar-refractivity contribution is 5.87. The molecule has 6 nitrogen and oxygen atoms in total. The lowest BCUT2D eigenvalue weighted by molar-refractivity contribution is -0.126. The Morgan fingerprint density at radius 1 is 1.03 bits per heavy atom. The SMILES string of the molecule is CC(C)C[C@@H]1NC(=O)C(Cc2c[nH]c3ccccc23)n2c1nc1ccccc1c2=O. The number of aromatic nitrogens is 3. The molecule has 0 saturated heterocycles. The molecule has 1 amide bonds. The van der Waals surface area contributed by atoms with Gasteiger partial charge < -0.3 is 10.3 Å². The van der Waals surface area contributed by atoms with E-state index < -0.39 is 6.04 Å². The Balaban J connectivity index is 1.68. The summed E-state index contributed by atoms with van der Waals surface area (Å²) in [6.45, 7) is 4.21. The van der Waals surface area contributed by atoms with Crippen LogP contribution in [0, 0.1) is 5.92 Å². The fourth-order valence-electron chi connectivity index (χ4n) is 4.49. The molecule has 0 saturated carbocycles. The number of benzene rings is 2. The van der Waals surface area contributed by atoms with Crippen molar-refractivity contribution in [2.24, 2.45) is 5.92 Å². The van der Waals surface area contributed by atoms with Crippen LogP contribution in [0.5, 0.6) is 0 Å². The Labute approximate surface area is 173 Å². The minimum atomic E-state index is -0.632. The zero-order chi connectivity index (χ0) is 20.8. The third-order valence-corrected chi connectivity index (χ3v) is 5.87. The van der Waals surface area contributed by atoms with E-state index in [0.29, 0.717) is 29.1 Å². The Hall–Kier alpha value is -3.41. The van der Waals surface area contributed by atoms with Crippen LogP contribution in [-0.4, -0.2) is 20.4 Å². The minimum absolute atomic E-state index is 0.127. The highest BCUT2D eigenvalue weighted by Crippen LogP contribution is 2.31.